The highest BCUT2D eigenvalue weighted by Gasteiger charge is 2.25. The molecule has 0 heterocycles. The van der Waals surface area contributed by atoms with Crippen molar-refractivity contribution in [3.8, 4) is 0 Å². The van der Waals surface area contributed by atoms with Crippen LogP contribution in [0, 0.1) is 11.7 Å². The van der Waals surface area contributed by atoms with Gasteiger partial charge in [-0.05, 0) is 24.1 Å². The minimum Gasteiger partial charge on any atom is -0.481 e. The van der Waals surface area contributed by atoms with E-state index >= 15 is 0 Å². The molecule has 1 atom stereocenters. The van der Waals surface area contributed by atoms with Gasteiger partial charge in [0, 0.05) is 12.5 Å². The van der Waals surface area contributed by atoms with E-state index in [0.717, 1.165) is 18.2 Å². The van der Waals surface area contributed by atoms with Crippen molar-refractivity contribution >= 4 is 5.97 Å². The highest BCUT2D eigenvalue weighted by Crippen LogP contribution is 2.28. The molecule has 17 heavy (non-hydrogen) atoms. The van der Waals surface area contributed by atoms with Crippen molar-refractivity contribution in [3.05, 3.63) is 35.1 Å². The lowest BCUT2D eigenvalue weighted by Gasteiger charge is -2.13. The maximum atomic E-state index is 13.3. The number of aliphatic carboxylic acids is 1. The van der Waals surface area contributed by atoms with Gasteiger partial charge in [0.25, 0.3) is 5.92 Å². The van der Waals surface area contributed by atoms with Crippen LogP contribution >= 0.6 is 0 Å². The van der Waals surface area contributed by atoms with Crippen molar-refractivity contribution in [2.75, 3.05) is 0 Å². The Morgan fingerprint density at radius 1 is 1.47 bits per heavy atom. The molecule has 5 heteroatoms. The van der Waals surface area contributed by atoms with Crippen molar-refractivity contribution in [2.45, 2.75) is 26.2 Å². The summed E-state index contributed by atoms with van der Waals surface area (Å²) in [6.45, 7) is 2.11. The van der Waals surface area contributed by atoms with Crippen LogP contribution in [0.4, 0.5) is 13.2 Å². The average molecular weight is 246 g/mol. The second-order valence-corrected chi connectivity index (χ2v) is 4.14. The molecule has 0 radical (unpaired) electrons. The van der Waals surface area contributed by atoms with Gasteiger partial charge >= 0.3 is 5.97 Å². The molecule has 94 valence electrons. The van der Waals surface area contributed by atoms with Gasteiger partial charge in [-0.25, -0.2) is 13.2 Å². The molecule has 2 nitrogen and oxygen atoms in total. The molecule has 1 N–H and O–H groups in total. The molecule has 0 saturated heterocycles. The number of hydrogen-bond acceptors (Lipinski definition) is 1. The lowest BCUT2D eigenvalue weighted by atomic mass is 9.97. The SMILES string of the molecule is CC(Cc1cc(C(C)(F)F)ccc1F)C(=O)O. The van der Waals surface area contributed by atoms with Crippen LogP contribution in [-0.4, -0.2) is 11.1 Å². The number of rotatable bonds is 4. The van der Waals surface area contributed by atoms with E-state index in [1.54, 1.807) is 0 Å². The van der Waals surface area contributed by atoms with Crippen molar-refractivity contribution in [1.29, 1.82) is 0 Å². The lowest BCUT2D eigenvalue weighted by Crippen LogP contribution is -2.14. The second-order valence-electron chi connectivity index (χ2n) is 4.14. The van der Waals surface area contributed by atoms with Gasteiger partial charge in [-0.3, -0.25) is 4.79 Å². The third-order valence-corrected chi connectivity index (χ3v) is 2.50. The van der Waals surface area contributed by atoms with E-state index in [4.69, 9.17) is 5.11 Å². The number of carboxylic acid groups (broad SMARTS) is 1. The van der Waals surface area contributed by atoms with Gasteiger partial charge in [0.15, 0.2) is 0 Å². The molecule has 1 aromatic rings. The zero-order chi connectivity index (χ0) is 13.2. The smallest absolute Gasteiger partial charge is 0.306 e. The first-order valence-electron chi connectivity index (χ1n) is 5.11. The molecular weight excluding hydrogens is 233 g/mol. The number of carbonyl (C=O) groups is 1. The monoisotopic (exact) mass is 246 g/mol. The van der Waals surface area contributed by atoms with Crippen molar-refractivity contribution < 1.29 is 23.1 Å². The summed E-state index contributed by atoms with van der Waals surface area (Å²) in [5, 5.41) is 8.69. The van der Waals surface area contributed by atoms with E-state index < -0.39 is 23.6 Å². The van der Waals surface area contributed by atoms with E-state index in [9.17, 15) is 18.0 Å². The van der Waals surface area contributed by atoms with Gasteiger partial charge in [-0.15, -0.1) is 0 Å². The van der Waals surface area contributed by atoms with Crippen LogP contribution in [0.3, 0.4) is 0 Å². The molecule has 1 aromatic carbocycles. The highest BCUT2D eigenvalue weighted by atomic mass is 19.3. The van der Waals surface area contributed by atoms with Crippen LogP contribution in [0.25, 0.3) is 0 Å². The molecule has 0 aliphatic carbocycles. The Morgan fingerprint density at radius 3 is 2.53 bits per heavy atom. The maximum Gasteiger partial charge on any atom is 0.306 e. The van der Waals surface area contributed by atoms with E-state index in [0.29, 0.717) is 6.92 Å². The summed E-state index contributed by atoms with van der Waals surface area (Å²) in [7, 11) is 0. The van der Waals surface area contributed by atoms with Crippen molar-refractivity contribution in [3.63, 3.8) is 0 Å². The molecule has 0 saturated carbocycles. The molecular formula is C12H13F3O2. The summed E-state index contributed by atoms with van der Waals surface area (Å²) in [6.07, 6.45) is -0.106. The number of hydrogen-bond donors (Lipinski definition) is 1. The Morgan fingerprint density at radius 2 is 2.06 bits per heavy atom. The average Bonchev–Trinajstić information content (AvgIpc) is 2.19. The summed E-state index contributed by atoms with van der Waals surface area (Å²) in [5.41, 5.74) is -0.314. The number of halogens is 3. The number of carboxylic acids is 1. The van der Waals surface area contributed by atoms with Crippen LogP contribution in [0.5, 0.6) is 0 Å². The van der Waals surface area contributed by atoms with E-state index in [2.05, 4.69) is 0 Å². The summed E-state index contributed by atoms with van der Waals surface area (Å²) in [6, 6.07) is 2.97. The fourth-order valence-corrected chi connectivity index (χ4v) is 1.42. The third kappa shape index (κ3) is 3.47. The van der Waals surface area contributed by atoms with Crippen LogP contribution in [0.15, 0.2) is 18.2 Å². The molecule has 0 amide bonds. The normalized spacial score (nSPS) is 13.5. The van der Waals surface area contributed by atoms with Gasteiger partial charge in [0.2, 0.25) is 0 Å². The zero-order valence-corrected chi connectivity index (χ0v) is 9.51. The van der Waals surface area contributed by atoms with Crippen LogP contribution in [-0.2, 0) is 17.1 Å². The highest BCUT2D eigenvalue weighted by molar-refractivity contribution is 5.69. The molecule has 0 aliphatic heterocycles. The largest absolute Gasteiger partial charge is 0.481 e. The Bertz CT molecular complexity index is 424. The van der Waals surface area contributed by atoms with Crippen LogP contribution in [0.1, 0.15) is 25.0 Å². The Kier molecular flexibility index (Phi) is 3.80. The minimum atomic E-state index is -3.06. The molecule has 0 bridgehead atoms. The van der Waals surface area contributed by atoms with Gasteiger partial charge in [0.1, 0.15) is 5.82 Å². The first-order chi connectivity index (χ1) is 7.71. The Hall–Kier alpha value is -1.52. The lowest BCUT2D eigenvalue weighted by molar-refractivity contribution is -0.141. The molecule has 1 rings (SSSR count). The number of alkyl halides is 2. The zero-order valence-electron chi connectivity index (χ0n) is 9.51. The maximum absolute atomic E-state index is 13.3. The molecule has 0 fully saturated rings. The van der Waals surface area contributed by atoms with Crippen LogP contribution in [0.2, 0.25) is 0 Å². The predicted molar refractivity (Wildman–Crippen MR) is 56.5 cm³/mol. The Labute approximate surface area is 97.1 Å². The van der Waals surface area contributed by atoms with Gasteiger partial charge in [0.05, 0.1) is 5.92 Å². The molecule has 0 aliphatic rings. The first kappa shape index (κ1) is 13.5. The molecule has 0 spiro atoms. The summed E-state index contributed by atoms with van der Waals surface area (Å²) >= 11 is 0. The molecule has 1 unspecified atom stereocenters. The standard InChI is InChI=1S/C12H13F3O2/c1-7(11(16)17)5-8-6-9(12(2,14)15)3-4-10(8)13/h3-4,6-7H,5H2,1-2H3,(H,16,17). The summed E-state index contributed by atoms with van der Waals surface area (Å²) < 4.78 is 39.4. The van der Waals surface area contributed by atoms with Gasteiger partial charge < -0.3 is 5.11 Å². The van der Waals surface area contributed by atoms with E-state index in [1.165, 1.54) is 6.92 Å². The van der Waals surface area contributed by atoms with Crippen LogP contribution < -0.4 is 0 Å². The summed E-state index contributed by atoms with van der Waals surface area (Å²) in [4.78, 5) is 10.6. The van der Waals surface area contributed by atoms with Gasteiger partial charge in [-0.1, -0.05) is 13.0 Å². The number of benzene rings is 1. The Balaban J connectivity index is 3.03. The second kappa shape index (κ2) is 4.77. The molecule has 0 aromatic heterocycles. The quantitative estimate of drug-likeness (QED) is 0.885. The summed E-state index contributed by atoms with van der Waals surface area (Å²) in [5.74, 6) is -5.62. The minimum absolute atomic E-state index is 0.000995. The van der Waals surface area contributed by atoms with E-state index in [1.807, 2.05) is 0 Å². The first-order valence-corrected chi connectivity index (χ1v) is 5.11. The fourth-order valence-electron chi connectivity index (χ4n) is 1.42. The fraction of sp³-hybridized carbons (Fsp3) is 0.417. The topological polar surface area (TPSA) is 37.3 Å². The van der Waals surface area contributed by atoms with Gasteiger partial charge in [-0.2, -0.15) is 0 Å². The van der Waals surface area contributed by atoms with Crippen molar-refractivity contribution in [2.24, 2.45) is 5.92 Å². The van der Waals surface area contributed by atoms with Crippen molar-refractivity contribution in [1.82, 2.24) is 0 Å². The third-order valence-electron chi connectivity index (χ3n) is 2.50. The predicted octanol–water partition coefficient (Wildman–Crippen LogP) is 3.20. The van der Waals surface area contributed by atoms with E-state index in [-0.39, 0.29) is 17.5 Å².